The summed E-state index contributed by atoms with van der Waals surface area (Å²) in [4.78, 5) is 13.2. The first-order valence-corrected chi connectivity index (χ1v) is 9.73. The summed E-state index contributed by atoms with van der Waals surface area (Å²) in [5, 5.41) is 17.8. The maximum absolute atomic E-state index is 13.2. The normalized spacial score (nSPS) is 20.4. The van der Waals surface area contributed by atoms with Crippen molar-refractivity contribution in [2.75, 3.05) is 17.2 Å². The van der Waals surface area contributed by atoms with Gasteiger partial charge in [-0.25, -0.2) is 0 Å². The second kappa shape index (κ2) is 6.89. The van der Waals surface area contributed by atoms with E-state index in [-0.39, 0.29) is 16.9 Å². The van der Waals surface area contributed by atoms with Crippen molar-refractivity contribution in [2.24, 2.45) is 5.41 Å². The summed E-state index contributed by atoms with van der Waals surface area (Å²) in [5.74, 6) is 0.606. The van der Waals surface area contributed by atoms with Crippen LogP contribution in [0.2, 0.25) is 0 Å². The minimum Gasteiger partial charge on any atom is -0.504 e. The van der Waals surface area contributed by atoms with E-state index in [2.05, 4.69) is 24.5 Å². The summed E-state index contributed by atoms with van der Waals surface area (Å²) >= 11 is 0. The fraction of sp³-hybridized carbons (Fsp3) is 0.348. The van der Waals surface area contributed by atoms with Gasteiger partial charge in [-0.2, -0.15) is 0 Å². The predicted octanol–water partition coefficient (Wildman–Crippen LogP) is 5.01. The number of phenols is 1. The summed E-state index contributed by atoms with van der Waals surface area (Å²) in [7, 11) is 0. The van der Waals surface area contributed by atoms with Crippen molar-refractivity contribution >= 4 is 17.2 Å². The maximum atomic E-state index is 13.2. The Bertz CT molecular complexity index is 962. The lowest BCUT2D eigenvalue weighted by molar-refractivity contribution is -0.118. The number of carbonyl (C=O) groups is 1. The van der Waals surface area contributed by atoms with Gasteiger partial charge in [0.2, 0.25) is 0 Å². The standard InChI is InChI=1S/C23H26N2O3/c1-4-28-19-11-7-8-14(22(19)27)21-20-17(12-23(2,3)13-18(20)26)24-15-9-5-6-10-16(15)25-21/h5-11,21,24-25,27H,4,12-13H2,1-3H3/t21-/m1/s1. The largest absolute Gasteiger partial charge is 0.504 e. The van der Waals surface area contributed by atoms with E-state index in [0.717, 1.165) is 23.5 Å². The molecule has 146 valence electrons. The highest BCUT2D eigenvalue weighted by atomic mass is 16.5. The predicted molar refractivity (Wildman–Crippen MR) is 111 cm³/mol. The highest BCUT2D eigenvalue weighted by Gasteiger charge is 2.39. The maximum Gasteiger partial charge on any atom is 0.163 e. The Balaban J connectivity index is 1.89. The molecule has 1 heterocycles. The first-order chi connectivity index (χ1) is 13.4. The molecule has 0 bridgehead atoms. The van der Waals surface area contributed by atoms with E-state index < -0.39 is 6.04 Å². The first-order valence-electron chi connectivity index (χ1n) is 9.73. The Hall–Kier alpha value is -2.95. The molecule has 0 unspecified atom stereocenters. The Morgan fingerprint density at radius 1 is 1.11 bits per heavy atom. The fourth-order valence-electron chi connectivity index (χ4n) is 4.17. The number of fused-ring (bicyclic) bond motifs is 1. The first kappa shape index (κ1) is 18.4. The van der Waals surface area contributed by atoms with Gasteiger partial charge in [-0.1, -0.05) is 38.1 Å². The number of anilines is 2. The zero-order chi connectivity index (χ0) is 19.9. The van der Waals surface area contributed by atoms with Gasteiger partial charge < -0.3 is 20.5 Å². The third-order valence-corrected chi connectivity index (χ3v) is 5.36. The number of rotatable bonds is 3. The SMILES string of the molecule is CCOc1cccc([C@H]2Nc3ccccc3NC3=C2C(=O)CC(C)(C)C3)c1O. The lowest BCUT2D eigenvalue weighted by atomic mass is 9.73. The van der Waals surface area contributed by atoms with Crippen LogP contribution in [0.5, 0.6) is 11.5 Å². The molecular weight excluding hydrogens is 352 g/mol. The molecular formula is C23H26N2O3. The molecule has 0 spiro atoms. The van der Waals surface area contributed by atoms with Crippen molar-refractivity contribution in [3.05, 3.63) is 59.3 Å². The van der Waals surface area contributed by atoms with Crippen molar-refractivity contribution in [1.82, 2.24) is 0 Å². The van der Waals surface area contributed by atoms with Crippen molar-refractivity contribution in [1.29, 1.82) is 0 Å². The van der Waals surface area contributed by atoms with Crippen LogP contribution in [0, 0.1) is 5.41 Å². The molecule has 0 fully saturated rings. The molecule has 5 heteroatoms. The van der Waals surface area contributed by atoms with E-state index in [1.54, 1.807) is 6.07 Å². The zero-order valence-corrected chi connectivity index (χ0v) is 16.5. The number of allylic oxidation sites excluding steroid dienone is 1. The van der Waals surface area contributed by atoms with Crippen molar-refractivity contribution in [3.63, 3.8) is 0 Å². The molecule has 3 N–H and O–H groups in total. The molecule has 0 amide bonds. The van der Waals surface area contributed by atoms with Gasteiger partial charge in [0.25, 0.3) is 0 Å². The topological polar surface area (TPSA) is 70.6 Å². The van der Waals surface area contributed by atoms with Crippen LogP contribution in [0.25, 0.3) is 0 Å². The molecule has 1 atom stereocenters. The minimum absolute atomic E-state index is 0.0747. The van der Waals surface area contributed by atoms with Gasteiger partial charge in [0.15, 0.2) is 17.3 Å². The average Bonchev–Trinajstić information content (AvgIpc) is 2.79. The van der Waals surface area contributed by atoms with E-state index in [1.165, 1.54) is 0 Å². The van der Waals surface area contributed by atoms with Gasteiger partial charge in [0.1, 0.15) is 0 Å². The van der Waals surface area contributed by atoms with Crippen LogP contribution in [0.3, 0.4) is 0 Å². The molecule has 2 aromatic rings. The molecule has 1 aliphatic carbocycles. The number of hydrogen-bond donors (Lipinski definition) is 3. The third-order valence-electron chi connectivity index (χ3n) is 5.36. The number of phenolic OH excluding ortho intramolecular Hbond substituents is 1. The van der Waals surface area contributed by atoms with E-state index in [9.17, 15) is 9.90 Å². The van der Waals surface area contributed by atoms with Gasteiger partial charge in [-0.15, -0.1) is 0 Å². The van der Waals surface area contributed by atoms with Gasteiger partial charge in [0.05, 0.1) is 24.0 Å². The average molecular weight is 378 g/mol. The zero-order valence-electron chi connectivity index (χ0n) is 16.5. The van der Waals surface area contributed by atoms with Crippen LogP contribution < -0.4 is 15.4 Å². The highest BCUT2D eigenvalue weighted by Crippen LogP contribution is 2.47. The number of ether oxygens (including phenoxy) is 1. The van der Waals surface area contributed by atoms with Crippen LogP contribution in [0.1, 0.15) is 45.2 Å². The Morgan fingerprint density at radius 2 is 1.86 bits per heavy atom. The molecule has 0 saturated heterocycles. The molecule has 2 aromatic carbocycles. The van der Waals surface area contributed by atoms with E-state index >= 15 is 0 Å². The van der Waals surface area contributed by atoms with E-state index in [1.807, 2.05) is 43.3 Å². The lowest BCUT2D eigenvalue weighted by Crippen LogP contribution is -2.31. The van der Waals surface area contributed by atoms with Crippen LogP contribution in [0.4, 0.5) is 11.4 Å². The van der Waals surface area contributed by atoms with Crippen LogP contribution >= 0.6 is 0 Å². The molecule has 2 aliphatic rings. The summed E-state index contributed by atoms with van der Waals surface area (Å²) < 4.78 is 5.57. The Kier molecular flexibility index (Phi) is 4.53. The number of benzene rings is 2. The van der Waals surface area contributed by atoms with Crippen LogP contribution in [-0.4, -0.2) is 17.5 Å². The second-order valence-electron chi connectivity index (χ2n) is 8.21. The Morgan fingerprint density at radius 3 is 2.61 bits per heavy atom. The monoisotopic (exact) mass is 378 g/mol. The Labute approximate surface area is 165 Å². The number of para-hydroxylation sites is 3. The third kappa shape index (κ3) is 3.21. The van der Waals surface area contributed by atoms with Crippen LogP contribution in [-0.2, 0) is 4.79 Å². The molecule has 5 nitrogen and oxygen atoms in total. The van der Waals surface area contributed by atoms with Crippen molar-refractivity contribution in [2.45, 2.75) is 39.7 Å². The minimum atomic E-state index is -0.449. The van der Waals surface area contributed by atoms with Gasteiger partial charge in [0, 0.05) is 23.3 Å². The fourth-order valence-corrected chi connectivity index (χ4v) is 4.17. The lowest BCUT2D eigenvalue weighted by Gasteiger charge is -2.34. The molecule has 0 aromatic heterocycles. The molecule has 4 rings (SSSR count). The number of Topliss-reactive ketones (excluding diaryl/α,β-unsaturated/α-hetero) is 1. The van der Waals surface area contributed by atoms with Crippen molar-refractivity contribution in [3.8, 4) is 11.5 Å². The number of nitrogens with one attached hydrogen (secondary N) is 2. The van der Waals surface area contributed by atoms with Gasteiger partial charge >= 0.3 is 0 Å². The summed E-state index contributed by atoms with van der Waals surface area (Å²) in [5.41, 5.74) is 3.98. The second-order valence-corrected chi connectivity index (χ2v) is 8.21. The summed E-state index contributed by atoms with van der Waals surface area (Å²) in [6, 6.07) is 12.9. The van der Waals surface area contributed by atoms with Gasteiger partial charge in [-0.3, -0.25) is 4.79 Å². The van der Waals surface area contributed by atoms with E-state index in [4.69, 9.17) is 4.74 Å². The molecule has 0 radical (unpaired) electrons. The molecule has 1 aliphatic heterocycles. The molecule has 28 heavy (non-hydrogen) atoms. The molecule has 0 saturated carbocycles. The number of ketones is 1. The smallest absolute Gasteiger partial charge is 0.163 e. The number of hydrogen-bond acceptors (Lipinski definition) is 5. The van der Waals surface area contributed by atoms with Gasteiger partial charge in [-0.05, 0) is 37.0 Å². The number of aromatic hydroxyl groups is 1. The summed E-state index contributed by atoms with van der Waals surface area (Å²) in [6.45, 7) is 6.57. The van der Waals surface area contributed by atoms with E-state index in [0.29, 0.717) is 29.9 Å². The quantitative estimate of drug-likeness (QED) is 0.700. The highest BCUT2D eigenvalue weighted by molar-refractivity contribution is 6.01. The van der Waals surface area contributed by atoms with Crippen molar-refractivity contribution < 1.29 is 14.6 Å². The van der Waals surface area contributed by atoms with Crippen LogP contribution in [0.15, 0.2) is 53.7 Å². The summed E-state index contributed by atoms with van der Waals surface area (Å²) in [6.07, 6.45) is 1.25. The number of carbonyl (C=O) groups excluding carboxylic acids is 1.